The minimum absolute atomic E-state index is 0.0342. The Bertz CT molecular complexity index is 830. The molecule has 1 fully saturated rings. The number of hydrogen-bond acceptors (Lipinski definition) is 5. The molecule has 0 aliphatic carbocycles. The third-order valence-corrected chi connectivity index (χ3v) is 7.99. The van der Waals surface area contributed by atoms with Gasteiger partial charge in [0.05, 0.1) is 17.8 Å². The summed E-state index contributed by atoms with van der Waals surface area (Å²) in [5.41, 5.74) is 1.64. The summed E-state index contributed by atoms with van der Waals surface area (Å²) < 4.78 is 33.6. The Morgan fingerprint density at radius 3 is 2.75 bits per heavy atom. The molecule has 0 saturated carbocycles. The van der Waals surface area contributed by atoms with E-state index in [4.69, 9.17) is 4.74 Å². The van der Waals surface area contributed by atoms with Gasteiger partial charge in [-0.15, -0.1) is 11.3 Å². The van der Waals surface area contributed by atoms with Crippen molar-refractivity contribution in [1.82, 2.24) is 9.29 Å². The van der Waals surface area contributed by atoms with E-state index in [0.29, 0.717) is 22.9 Å². The van der Waals surface area contributed by atoms with Crippen molar-refractivity contribution in [1.29, 1.82) is 0 Å². The van der Waals surface area contributed by atoms with Crippen LogP contribution in [0.3, 0.4) is 0 Å². The first-order valence-corrected chi connectivity index (χ1v) is 10.3. The van der Waals surface area contributed by atoms with E-state index in [9.17, 15) is 8.42 Å². The summed E-state index contributed by atoms with van der Waals surface area (Å²) in [5, 5.41) is 0.784. The molecule has 0 spiro atoms. The number of para-hydroxylation sites is 1. The molecule has 130 valence electrons. The van der Waals surface area contributed by atoms with Gasteiger partial charge in [-0.1, -0.05) is 18.2 Å². The van der Waals surface area contributed by atoms with Gasteiger partial charge >= 0.3 is 0 Å². The van der Waals surface area contributed by atoms with E-state index in [-0.39, 0.29) is 6.04 Å². The van der Waals surface area contributed by atoms with Crippen LogP contribution in [0.1, 0.15) is 29.1 Å². The van der Waals surface area contributed by atoms with Crippen molar-refractivity contribution in [2.45, 2.75) is 43.4 Å². The number of nitrogens with zero attached hydrogens (tertiary/aromatic N) is 2. The predicted molar refractivity (Wildman–Crippen MR) is 95.2 cm³/mol. The van der Waals surface area contributed by atoms with Gasteiger partial charge in [0.1, 0.15) is 5.75 Å². The van der Waals surface area contributed by atoms with E-state index in [0.717, 1.165) is 29.2 Å². The van der Waals surface area contributed by atoms with E-state index in [2.05, 4.69) is 4.98 Å². The van der Waals surface area contributed by atoms with Gasteiger partial charge < -0.3 is 4.74 Å². The second-order valence-corrected chi connectivity index (χ2v) is 9.32. The van der Waals surface area contributed by atoms with Crippen molar-refractivity contribution in [2.24, 2.45) is 0 Å². The van der Waals surface area contributed by atoms with Crippen LogP contribution in [0.4, 0.5) is 0 Å². The van der Waals surface area contributed by atoms with Crippen molar-refractivity contribution in [3.8, 4) is 5.75 Å². The number of methoxy groups -OCH3 is 1. The fourth-order valence-electron chi connectivity index (χ4n) is 3.31. The quantitative estimate of drug-likeness (QED) is 0.815. The molecule has 0 N–H and O–H groups in total. The van der Waals surface area contributed by atoms with Gasteiger partial charge in [0, 0.05) is 12.6 Å². The van der Waals surface area contributed by atoms with Crippen LogP contribution >= 0.6 is 11.3 Å². The lowest BCUT2D eigenvalue weighted by atomic mass is 10.0. The van der Waals surface area contributed by atoms with Gasteiger partial charge in [-0.3, -0.25) is 0 Å². The molecule has 7 heteroatoms. The summed E-state index contributed by atoms with van der Waals surface area (Å²) in [7, 11) is -1.84. The number of hydrogen-bond donors (Lipinski definition) is 0. The smallest absolute Gasteiger partial charge is 0.254 e. The van der Waals surface area contributed by atoms with E-state index >= 15 is 0 Å². The van der Waals surface area contributed by atoms with Crippen molar-refractivity contribution in [3.63, 3.8) is 0 Å². The van der Waals surface area contributed by atoms with Crippen LogP contribution in [0.2, 0.25) is 0 Å². The van der Waals surface area contributed by atoms with Crippen LogP contribution < -0.4 is 4.74 Å². The molecule has 3 rings (SSSR count). The van der Waals surface area contributed by atoms with Gasteiger partial charge in [0.15, 0.2) is 4.21 Å². The van der Waals surface area contributed by atoms with E-state index in [1.54, 1.807) is 18.3 Å². The summed E-state index contributed by atoms with van der Waals surface area (Å²) in [5.74, 6) is 0.812. The van der Waals surface area contributed by atoms with Crippen molar-refractivity contribution < 1.29 is 13.2 Å². The summed E-state index contributed by atoms with van der Waals surface area (Å²) in [6.45, 7) is 4.17. The lowest BCUT2D eigenvalue weighted by Crippen LogP contribution is -2.36. The van der Waals surface area contributed by atoms with Gasteiger partial charge in [0.2, 0.25) is 0 Å². The zero-order valence-corrected chi connectivity index (χ0v) is 15.8. The molecule has 1 aromatic heterocycles. The summed E-state index contributed by atoms with van der Waals surface area (Å²) in [4.78, 5) is 4.28. The molecule has 24 heavy (non-hydrogen) atoms. The SMILES string of the molecule is COc1ccccc1CC1CCCN1S(=O)(=O)c1sc(C)nc1C. The van der Waals surface area contributed by atoms with E-state index in [1.807, 2.05) is 31.2 Å². The van der Waals surface area contributed by atoms with Crippen LogP contribution in [-0.2, 0) is 16.4 Å². The lowest BCUT2D eigenvalue weighted by Gasteiger charge is -2.24. The molecule has 0 bridgehead atoms. The minimum Gasteiger partial charge on any atom is -0.496 e. The third kappa shape index (κ3) is 3.20. The Kier molecular flexibility index (Phi) is 4.94. The number of aromatic nitrogens is 1. The third-order valence-electron chi connectivity index (χ3n) is 4.38. The molecule has 1 atom stereocenters. The Balaban J connectivity index is 1.89. The highest BCUT2D eigenvalue weighted by atomic mass is 32.2. The Hall–Kier alpha value is -1.44. The average Bonchev–Trinajstić information content (AvgIpc) is 3.14. The molecule has 1 aliphatic heterocycles. The van der Waals surface area contributed by atoms with Crippen molar-refractivity contribution >= 4 is 21.4 Å². The van der Waals surface area contributed by atoms with Gasteiger partial charge in [0.25, 0.3) is 10.0 Å². The fraction of sp³-hybridized carbons (Fsp3) is 0.471. The maximum atomic E-state index is 13.1. The number of ether oxygens (including phenoxy) is 1. The number of sulfonamides is 1. The highest BCUT2D eigenvalue weighted by Crippen LogP contribution is 2.33. The van der Waals surface area contributed by atoms with Crippen molar-refractivity contribution in [3.05, 3.63) is 40.5 Å². The fourth-order valence-corrected chi connectivity index (χ4v) is 6.60. The van der Waals surface area contributed by atoms with Crippen LogP contribution in [0.25, 0.3) is 0 Å². The molecule has 2 aromatic rings. The average molecular weight is 367 g/mol. The number of rotatable bonds is 5. The lowest BCUT2D eigenvalue weighted by molar-refractivity contribution is 0.373. The Morgan fingerprint density at radius 1 is 1.33 bits per heavy atom. The Morgan fingerprint density at radius 2 is 2.08 bits per heavy atom. The molecule has 0 amide bonds. The van der Waals surface area contributed by atoms with Crippen LogP contribution in [0, 0.1) is 13.8 Å². The molecule has 1 aliphatic rings. The highest BCUT2D eigenvalue weighted by molar-refractivity contribution is 7.91. The molecule has 1 aromatic carbocycles. The van der Waals surface area contributed by atoms with E-state index in [1.165, 1.54) is 11.3 Å². The predicted octanol–water partition coefficient (Wildman–Crippen LogP) is 3.16. The minimum atomic E-state index is -3.49. The first-order valence-electron chi connectivity index (χ1n) is 8.01. The molecular formula is C17H22N2O3S2. The molecule has 5 nitrogen and oxygen atoms in total. The van der Waals surface area contributed by atoms with Gasteiger partial charge in [-0.25, -0.2) is 13.4 Å². The maximum absolute atomic E-state index is 13.1. The van der Waals surface area contributed by atoms with Crippen LogP contribution in [-0.4, -0.2) is 37.4 Å². The van der Waals surface area contributed by atoms with Gasteiger partial charge in [-0.05, 0) is 44.7 Å². The molecular weight excluding hydrogens is 344 g/mol. The van der Waals surface area contributed by atoms with Crippen molar-refractivity contribution in [2.75, 3.05) is 13.7 Å². The summed E-state index contributed by atoms with van der Waals surface area (Å²) in [6, 6.07) is 7.77. The monoisotopic (exact) mass is 366 g/mol. The summed E-state index contributed by atoms with van der Waals surface area (Å²) >= 11 is 1.26. The summed E-state index contributed by atoms with van der Waals surface area (Å²) in [6.07, 6.45) is 2.42. The normalized spacial score (nSPS) is 18.9. The first-order chi connectivity index (χ1) is 11.4. The first kappa shape index (κ1) is 17.4. The molecule has 2 heterocycles. The topological polar surface area (TPSA) is 59.5 Å². The zero-order chi connectivity index (χ0) is 17.3. The molecule has 0 radical (unpaired) electrons. The van der Waals surface area contributed by atoms with E-state index < -0.39 is 10.0 Å². The molecule has 1 saturated heterocycles. The second-order valence-electron chi connectivity index (χ2n) is 6.03. The number of thiazole rings is 1. The number of aryl methyl sites for hydroxylation is 2. The highest BCUT2D eigenvalue weighted by Gasteiger charge is 2.37. The molecule has 1 unspecified atom stereocenters. The second kappa shape index (κ2) is 6.82. The zero-order valence-electron chi connectivity index (χ0n) is 14.2. The van der Waals surface area contributed by atoms with Crippen LogP contribution in [0.5, 0.6) is 5.75 Å². The Labute approximate surface area is 147 Å². The van der Waals surface area contributed by atoms with Gasteiger partial charge in [-0.2, -0.15) is 4.31 Å². The maximum Gasteiger partial charge on any atom is 0.254 e. The standard InChI is InChI=1S/C17H22N2O3S2/c1-12-17(23-13(2)18-12)24(20,21)19-10-6-8-15(19)11-14-7-4-5-9-16(14)22-3/h4-5,7,9,15H,6,8,10-11H2,1-3H3. The van der Waals surface area contributed by atoms with Crippen LogP contribution in [0.15, 0.2) is 28.5 Å². The largest absolute Gasteiger partial charge is 0.496 e. The number of benzene rings is 1.